The highest BCUT2D eigenvalue weighted by atomic mass is 16.6. The first-order valence-electron chi connectivity index (χ1n) is 12.0. The first-order chi connectivity index (χ1) is 13.8. The summed E-state index contributed by atoms with van der Waals surface area (Å²) in [5.74, 6) is 2.35. The minimum absolute atomic E-state index is 0.0871. The Balaban J connectivity index is 1.39. The highest BCUT2D eigenvalue weighted by molar-refractivity contribution is 5.87. The zero-order valence-corrected chi connectivity index (χ0v) is 18.4. The van der Waals surface area contributed by atoms with E-state index in [1.54, 1.807) is 0 Å². The van der Waals surface area contributed by atoms with Crippen LogP contribution in [0.25, 0.3) is 0 Å². The van der Waals surface area contributed by atoms with Crippen LogP contribution in [0.5, 0.6) is 0 Å². The second kappa shape index (κ2) is 6.78. The van der Waals surface area contributed by atoms with Gasteiger partial charge in [0.1, 0.15) is 11.9 Å². The third kappa shape index (κ3) is 2.79. The molecule has 5 heteroatoms. The summed E-state index contributed by atoms with van der Waals surface area (Å²) in [7, 11) is 0. The molecular formula is C24H38N2O3. The molecule has 1 aliphatic heterocycles. The zero-order valence-electron chi connectivity index (χ0n) is 18.4. The van der Waals surface area contributed by atoms with Crippen molar-refractivity contribution < 1.29 is 14.7 Å². The maximum Gasteiger partial charge on any atom is 0.141 e. The van der Waals surface area contributed by atoms with Gasteiger partial charge in [-0.05, 0) is 68.7 Å². The summed E-state index contributed by atoms with van der Waals surface area (Å²) >= 11 is 0. The van der Waals surface area contributed by atoms with Crippen LogP contribution in [0, 0.1) is 34.5 Å². The molecule has 1 unspecified atom stereocenters. The van der Waals surface area contributed by atoms with Crippen molar-refractivity contribution in [2.45, 2.75) is 90.3 Å². The number of oxime groups is 1. The fourth-order valence-corrected chi connectivity index (χ4v) is 8.19. The second-order valence-corrected chi connectivity index (χ2v) is 11.3. The van der Waals surface area contributed by atoms with Gasteiger partial charge in [-0.3, -0.25) is 4.79 Å². The molecule has 0 spiro atoms. The maximum absolute atomic E-state index is 12.7. The maximum atomic E-state index is 12.7. The van der Waals surface area contributed by atoms with Gasteiger partial charge in [-0.2, -0.15) is 0 Å². The lowest BCUT2D eigenvalue weighted by molar-refractivity contribution is -0.214. The summed E-state index contributed by atoms with van der Waals surface area (Å²) in [6.07, 6.45) is 8.72. The van der Waals surface area contributed by atoms with Gasteiger partial charge in [0.25, 0.3) is 0 Å². The topological polar surface area (TPSA) is 70.9 Å². The van der Waals surface area contributed by atoms with Gasteiger partial charge in [-0.1, -0.05) is 25.9 Å². The van der Waals surface area contributed by atoms with Crippen LogP contribution in [-0.2, 0) is 9.63 Å². The lowest BCUT2D eigenvalue weighted by Gasteiger charge is -2.65. The van der Waals surface area contributed by atoms with Gasteiger partial charge < -0.3 is 15.3 Å². The summed E-state index contributed by atoms with van der Waals surface area (Å²) in [4.78, 5) is 18.5. The van der Waals surface area contributed by atoms with Crippen LogP contribution in [0.15, 0.2) is 5.16 Å². The van der Waals surface area contributed by atoms with Crippen molar-refractivity contribution in [2.75, 3.05) is 13.1 Å². The van der Waals surface area contributed by atoms with Crippen molar-refractivity contribution in [1.82, 2.24) is 5.32 Å². The van der Waals surface area contributed by atoms with Crippen LogP contribution in [0.1, 0.15) is 78.6 Å². The molecule has 5 aliphatic rings. The van der Waals surface area contributed by atoms with Crippen molar-refractivity contribution in [1.29, 1.82) is 0 Å². The molecule has 1 heterocycles. The summed E-state index contributed by atoms with van der Waals surface area (Å²) in [5, 5.41) is 19.9. The van der Waals surface area contributed by atoms with E-state index in [0.717, 1.165) is 70.2 Å². The molecule has 2 N–H and O–H groups in total. The zero-order chi connectivity index (χ0) is 20.4. The quantitative estimate of drug-likeness (QED) is 0.691. The largest absolute Gasteiger partial charge is 0.391 e. The van der Waals surface area contributed by atoms with Gasteiger partial charge >= 0.3 is 0 Å². The Morgan fingerprint density at radius 3 is 2.72 bits per heavy atom. The fourth-order valence-electron chi connectivity index (χ4n) is 8.19. The molecule has 0 radical (unpaired) electrons. The molecule has 4 aliphatic carbocycles. The first kappa shape index (κ1) is 20.0. The first-order valence-corrected chi connectivity index (χ1v) is 12.0. The predicted molar refractivity (Wildman–Crippen MR) is 113 cm³/mol. The lowest BCUT2D eigenvalue weighted by Crippen LogP contribution is -2.65. The van der Waals surface area contributed by atoms with E-state index >= 15 is 0 Å². The Morgan fingerprint density at radius 1 is 1.14 bits per heavy atom. The molecule has 0 aromatic heterocycles. The monoisotopic (exact) mass is 402 g/mol. The Labute approximate surface area is 175 Å². The van der Waals surface area contributed by atoms with Crippen molar-refractivity contribution in [3.63, 3.8) is 0 Å². The number of fused-ring (bicyclic) bond motifs is 5. The van der Waals surface area contributed by atoms with E-state index in [1.807, 2.05) is 0 Å². The van der Waals surface area contributed by atoms with Crippen LogP contribution in [-0.4, -0.2) is 41.4 Å². The number of carbonyl (C=O) groups is 1. The van der Waals surface area contributed by atoms with E-state index in [9.17, 15) is 9.90 Å². The molecule has 5 rings (SSSR count). The number of nitrogens with zero attached hydrogens (tertiary/aromatic N) is 1. The summed E-state index contributed by atoms with van der Waals surface area (Å²) < 4.78 is 0. The number of ketones is 1. The minimum Gasteiger partial charge on any atom is -0.391 e. The van der Waals surface area contributed by atoms with E-state index < -0.39 is 5.60 Å². The average Bonchev–Trinajstić information content (AvgIpc) is 3.31. The van der Waals surface area contributed by atoms with Crippen molar-refractivity contribution in [3.8, 4) is 0 Å². The van der Waals surface area contributed by atoms with Crippen molar-refractivity contribution in [2.24, 2.45) is 39.7 Å². The van der Waals surface area contributed by atoms with Crippen molar-refractivity contribution in [3.05, 3.63) is 0 Å². The average molecular weight is 403 g/mol. The van der Waals surface area contributed by atoms with Crippen LogP contribution in [0.4, 0.5) is 0 Å². The van der Waals surface area contributed by atoms with Gasteiger partial charge in [0, 0.05) is 36.6 Å². The fraction of sp³-hybridized carbons (Fsp3) is 0.917. The number of hydrogen-bond donors (Lipinski definition) is 2. The molecule has 5 nitrogen and oxygen atoms in total. The molecule has 0 aromatic rings. The molecule has 0 bridgehead atoms. The van der Waals surface area contributed by atoms with E-state index in [0.29, 0.717) is 30.0 Å². The number of nitrogens with one attached hydrogen (secondary N) is 1. The Bertz CT molecular complexity index is 717. The normalized spacial score (nSPS) is 53.4. The van der Waals surface area contributed by atoms with Gasteiger partial charge in [-0.25, -0.2) is 0 Å². The van der Waals surface area contributed by atoms with E-state index in [4.69, 9.17) is 4.84 Å². The summed E-state index contributed by atoms with van der Waals surface area (Å²) in [6, 6.07) is 0. The minimum atomic E-state index is -0.709. The number of rotatable bonds is 2. The van der Waals surface area contributed by atoms with Gasteiger partial charge in [-0.15, -0.1) is 0 Å². The molecule has 4 saturated carbocycles. The Morgan fingerprint density at radius 2 is 1.97 bits per heavy atom. The summed E-state index contributed by atoms with van der Waals surface area (Å²) in [6.45, 7) is 8.69. The van der Waals surface area contributed by atoms with Crippen molar-refractivity contribution >= 4 is 11.5 Å². The third-order valence-electron chi connectivity index (χ3n) is 10.1. The SMILES string of the molecule is C[C@H]1C[C@H]2[C@@H]3CCC(=O)[C@@]3(C)CC[C@@H]2[C@@]2(C)CC/C(=N\OC3CCNC3)C[C@]12O. The molecular weight excluding hydrogens is 364 g/mol. The molecule has 29 heavy (non-hydrogen) atoms. The van der Waals surface area contributed by atoms with Gasteiger partial charge in [0.2, 0.25) is 0 Å². The molecule has 0 amide bonds. The highest BCUT2D eigenvalue weighted by Crippen LogP contribution is 2.67. The number of carbonyl (C=O) groups excluding carboxylic acids is 1. The lowest BCUT2D eigenvalue weighted by atomic mass is 9.41. The van der Waals surface area contributed by atoms with Crippen LogP contribution < -0.4 is 5.32 Å². The van der Waals surface area contributed by atoms with E-state index in [1.165, 1.54) is 0 Å². The van der Waals surface area contributed by atoms with Crippen LogP contribution >= 0.6 is 0 Å². The summed E-state index contributed by atoms with van der Waals surface area (Å²) in [5.41, 5.74) is 0.144. The molecule has 0 aromatic carbocycles. The van der Waals surface area contributed by atoms with Crippen LogP contribution in [0.2, 0.25) is 0 Å². The Kier molecular flexibility index (Phi) is 4.67. The molecule has 1 saturated heterocycles. The highest BCUT2D eigenvalue weighted by Gasteiger charge is 2.66. The number of hydrogen-bond acceptors (Lipinski definition) is 5. The van der Waals surface area contributed by atoms with E-state index in [2.05, 4.69) is 31.2 Å². The third-order valence-corrected chi connectivity index (χ3v) is 10.1. The standard InChI is InChI=1S/C24H38N2O3/c1-15-12-18-19-4-5-21(27)22(19,2)9-7-20(18)23(3)10-6-16(13-24(15,23)28)26-29-17-8-11-25-14-17/h15,17-20,25,28H,4-14H2,1-3H3/b26-16+/t15-,17?,18-,19-,20-,22-,23+,24-/m0/s1. The Hall–Kier alpha value is -0.940. The molecule has 8 atom stereocenters. The number of aliphatic hydroxyl groups is 1. The second-order valence-electron chi connectivity index (χ2n) is 11.3. The van der Waals surface area contributed by atoms with Crippen LogP contribution in [0.3, 0.4) is 0 Å². The molecule has 162 valence electrons. The van der Waals surface area contributed by atoms with Gasteiger partial charge in [0.05, 0.1) is 11.3 Å². The smallest absolute Gasteiger partial charge is 0.141 e. The predicted octanol–water partition coefficient (Wildman–Crippen LogP) is 3.69. The van der Waals surface area contributed by atoms with E-state index in [-0.39, 0.29) is 22.9 Å². The van der Waals surface area contributed by atoms with Gasteiger partial charge in [0.15, 0.2) is 0 Å². The molecule has 5 fully saturated rings. The number of Topliss-reactive ketones (excluding diaryl/α,β-unsaturated/α-hetero) is 1.